The molecule has 4 nitrogen and oxygen atoms in total. The molecule has 104 valence electrons. The molecule has 0 bridgehead atoms. The lowest BCUT2D eigenvalue weighted by Gasteiger charge is -2.22. The first-order chi connectivity index (χ1) is 9.15. The first-order valence-corrected chi connectivity index (χ1v) is 7.07. The van der Waals surface area contributed by atoms with Gasteiger partial charge in [-0.05, 0) is 44.7 Å². The van der Waals surface area contributed by atoms with Crippen LogP contribution in [0.3, 0.4) is 0 Å². The monoisotopic (exact) mass is 282 g/mol. The van der Waals surface area contributed by atoms with E-state index in [-0.39, 0.29) is 12.0 Å². The minimum Gasteiger partial charge on any atom is -0.378 e. The Morgan fingerprint density at radius 2 is 2.37 bits per heavy atom. The number of nitrogens with zero attached hydrogens (tertiary/aromatic N) is 1. The van der Waals surface area contributed by atoms with E-state index in [9.17, 15) is 4.79 Å². The molecule has 0 spiro atoms. The molecule has 1 aromatic rings. The highest BCUT2D eigenvalue weighted by molar-refractivity contribution is 6.29. The smallest absolute Gasteiger partial charge is 0.224 e. The summed E-state index contributed by atoms with van der Waals surface area (Å²) >= 11 is 5.78. The number of aryl methyl sites for hydroxylation is 1. The molecule has 0 radical (unpaired) electrons. The van der Waals surface area contributed by atoms with Gasteiger partial charge in [0.15, 0.2) is 0 Å². The van der Waals surface area contributed by atoms with E-state index in [1.165, 1.54) is 6.42 Å². The van der Waals surface area contributed by atoms with Gasteiger partial charge >= 0.3 is 0 Å². The van der Waals surface area contributed by atoms with Crippen molar-refractivity contribution in [3.8, 4) is 0 Å². The van der Waals surface area contributed by atoms with Crippen LogP contribution < -0.4 is 5.32 Å². The van der Waals surface area contributed by atoms with Crippen molar-refractivity contribution in [2.75, 3.05) is 11.9 Å². The van der Waals surface area contributed by atoms with Crippen LogP contribution in [0.4, 0.5) is 5.69 Å². The van der Waals surface area contributed by atoms with E-state index < -0.39 is 0 Å². The van der Waals surface area contributed by atoms with Gasteiger partial charge in [0.25, 0.3) is 0 Å². The maximum absolute atomic E-state index is 11.9. The highest BCUT2D eigenvalue weighted by Crippen LogP contribution is 2.19. The van der Waals surface area contributed by atoms with Gasteiger partial charge in [-0.1, -0.05) is 11.6 Å². The zero-order chi connectivity index (χ0) is 13.7. The van der Waals surface area contributed by atoms with Crippen LogP contribution in [-0.2, 0) is 9.53 Å². The number of halogens is 1. The number of anilines is 1. The third-order valence-corrected chi connectivity index (χ3v) is 3.50. The largest absolute Gasteiger partial charge is 0.378 e. The molecule has 19 heavy (non-hydrogen) atoms. The fourth-order valence-corrected chi connectivity index (χ4v) is 2.39. The summed E-state index contributed by atoms with van der Waals surface area (Å²) in [6, 6.07) is 3.45. The fourth-order valence-electron chi connectivity index (χ4n) is 2.20. The summed E-state index contributed by atoms with van der Waals surface area (Å²) in [6.45, 7) is 2.65. The summed E-state index contributed by atoms with van der Waals surface area (Å²) in [5.41, 5.74) is 1.45. The quantitative estimate of drug-likeness (QED) is 0.862. The normalized spacial score (nSPS) is 19.2. The van der Waals surface area contributed by atoms with Gasteiger partial charge in [0.1, 0.15) is 5.15 Å². The fraction of sp³-hybridized carbons (Fsp3) is 0.571. The second-order valence-electron chi connectivity index (χ2n) is 4.84. The average Bonchev–Trinajstić information content (AvgIpc) is 2.41. The highest BCUT2D eigenvalue weighted by atomic mass is 35.5. The maximum atomic E-state index is 11.9. The third-order valence-electron chi connectivity index (χ3n) is 3.29. The van der Waals surface area contributed by atoms with Crippen molar-refractivity contribution in [3.05, 3.63) is 23.0 Å². The molecule has 1 aliphatic rings. The third kappa shape index (κ3) is 4.48. The summed E-state index contributed by atoms with van der Waals surface area (Å²) in [5.74, 6) is 0.00129. The Bertz CT molecular complexity index is 445. The summed E-state index contributed by atoms with van der Waals surface area (Å²) in [6.07, 6.45) is 4.90. The molecule has 1 aromatic heterocycles. The minimum atomic E-state index is 0.00129. The highest BCUT2D eigenvalue weighted by Gasteiger charge is 2.15. The SMILES string of the molecule is Cc1nc(Cl)ccc1NC(=O)CCC1CCCCO1. The van der Waals surface area contributed by atoms with Crippen LogP contribution in [0.1, 0.15) is 37.8 Å². The van der Waals surface area contributed by atoms with E-state index >= 15 is 0 Å². The number of amides is 1. The number of aromatic nitrogens is 1. The van der Waals surface area contributed by atoms with Gasteiger partial charge in [-0.3, -0.25) is 4.79 Å². The van der Waals surface area contributed by atoms with Gasteiger partial charge in [0.2, 0.25) is 5.91 Å². The molecule has 1 unspecified atom stereocenters. The molecule has 1 aliphatic heterocycles. The van der Waals surface area contributed by atoms with E-state index in [1.807, 2.05) is 6.92 Å². The number of nitrogens with one attached hydrogen (secondary N) is 1. The van der Waals surface area contributed by atoms with Crippen LogP contribution in [0.15, 0.2) is 12.1 Å². The van der Waals surface area contributed by atoms with Crippen LogP contribution >= 0.6 is 11.6 Å². The first kappa shape index (κ1) is 14.3. The van der Waals surface area contributed by atoms with E-state index in [2.05, 4.69) is 10.3 Å². The molecular weight excluding hydrogens is 264 g/mol. The number of pyridine rings is 1. The van der Waals surface area contributed by atoms with E-state index in [4.69, 9.17) is 16.3 Å². The van der Waals surface area contributed by atoms with Crippen molar-refractivity contribution >= 4 is 23.2 Å². The van der Waals surface area contributed by atoms with Crippen LogP contribution in [0.5, 0.6) is 0 Å². The molecule has 2 rings (SSSR count). The van der Waals surface area contributed by atoms with Crippen molar-refractivity contribution < 1.29 is 9.53 Å². The van der Waals surface area contributed by atoms with Gasteiger partial charge in [-0.2, -0.15) is 0 Å². The molecule has 1 amide bonds. The molecule has 1 saturated heterocycles. The average molecular weight is 283 g/mol. The Kier molecular flexibility index (Phi) is 5.16. The van der Waals surface area contributed by atoms with Gasteiger partial charge in [-0.15, -0.1) is 0 Å². The standard InChI is InChI=1S/C14H19ClN2O2/c1-10-12(6-7-13(15)16-10)17-14(18)8-5-11-4-2-3-9-19-11/h6-7,11H,2-5,8-9H2,1H3,(H,17,18). The number of rotatable bonds is 4. The van der Waals surface area contributed by atoms with Crippen LogP contribution in [0.2, 0.25) is 5.15 Å². The van der Waals surface area contributed by atoms with Gasteiger partial charge in [-0.25, -0.2) is 4.98 Å². The number of hydrogen-bond acceptors (Lipinski definition) is 3. The Morgan fingerprint density at radius 3 is 3.05 bits per heavy atom. The number of carbonyl (C=O) groups is 1. The summed E-state index contributed by atoms with van der Waals surface area (Å²) in [7, 11) is 0. The van der Waals surface area contributed by atoms with Crippen molar-refractivity contribution in [1.82, 2.24) is 4.98 Å². The number of carbonyl (C=O) groups excluding carboxylic acids is 1. The molecular formula is C14H19ClN2O2. The second-order valence-corrected chi connectivity index (χ2v) is 5.23. The van der Waals surface area contributed by atoms with Crippen LogP contribution in [0, 0.1) is 6.92 Å². The Labute approximate surface area is 118 Å². The Morgan fingerprint density at radius 1 is 1.53 bits per heavy atom. The van der Waals surface area contributed by atoms with Crippen LogP contribution in [0.25, 0.3) is 0 Å². The zero-order valence-electron chi connectivity index (χ0n) is 11.1. The number of hydrogen-bond donors (Lipinski definition) is 1. The lowest BCUT2D eigenvalue weighted by Crippen LogP contribution is -2.22. The van der Waals surface area contributed by atoms with Gasteiger partial charge < -0.3 is 10.1 Å². The lowest BCUT2D eigenvalue weighted by atomic mass is 10.0. The Balaban J connectivity index is 1.80. The zero-order valence-corrected chi connectivity index (χ0v) is 11.9. The summed E-state index contributed by atoms with van der Waals surface area (Å²) in [5, 5.41) is 3.30. The Hall–Kier alpha value is -1.13. The summed E-state index contributed by atoms with van der Waals surface area (Å²) in [4.78, 5) is 16.0. The van der Waals surface area contributed by atoms with Crippen molar-refractivity contribution in [1.29, 1.82) is 0 Å². The molecule has 2 heterocycles. The van der Waals surface area contributed by atoms with Crippen molar-refractivity contribution in [3.63, 3.8) is 0 Å². The van der Waals surface area contributed by atoms with Crippen LogP contribution in [-0.4, -0.2) is 23.6 Å². The minimum absolute atomic E-state index is 0.00129. The van der Waals surface area contributed by atoms with Gasteiger partial charge in [0, 0.05) is 13.0 Å². The lowest BCUT2D eigenvalue weighted by molar-refractivity contribution is -0.117. The predicted octanol–water partition coefficient (Wildman–Crippen LogP) is 3.33. The maximum Gasteiger partial charge on any atom is 0.224 e. The molecule has 0 aromatic carbocycles. The molecule has 0 aliphatic carbocycles. The molecule has 1 atom stereocenters. The van der Waals surface area contributed by atoms with E-state index in [1.54, 1.807) is 12.1 Å². The van der Waals surface area contributed by atoms with Crippen molar-refractivity contribution in [2.24, 2.45) is 0 Å². The topological polar surface area (TPSA) is 51.2 Å². The first-order valence-electron chi connectivity index (χ1n) is 6.70. The van der Waals surface area contributed by atoms with Gasteiger partial charge in [0.05, 0.1) is 17.5 Å². The predicted molar refractivity (Wildman–Crippen MR) is 75.4 cm³/mol. The van der Waals surface area contributed by atoms with Crippen molar-refractivity contribution in [2.45, 2.75) is 45.1 Å². The molecule has 1 fully saturated rings. The van der Waals surface area contributed by atoms with E-state index in [0.717, 1.165) is 37.3 Å². The molecule has 5 heteroatoms. The second kappa shape index (κ2) is 6.87. The number of ether oxygens (including phenoxy) is 1. The van der Waals surface area contributed by atoms with E-state index in [0.29, 0.717) is 11.6 Å². The summed E-state index contributed by atoms with van der Waals surface area (Å²) < 4.78 is 5.61. The molecule has 0 saturated carbocycles. The molecule has 1 N–H and O–H groups in total.